The highest BCUT2D eigenvalue weighted by molar-refractivity contribution is 5.78. The molecule has 1 unspecified atom stereocenters. The highest BCUT2D eigenvalue weighted by Crippen LogP contribution is 2.21. The molecule has 19 heavy (non-hydrogen) atoms. The number of carbonyl (C=O) groups excluding carboxylic acids is 2. The van der Waals surface area contributed by atoms with E-state index in [9.17, 15) is 9.59 Å². The van der Waals surface area contributed by atoms with Crippen LogP contribution in [0.1, 0.15) is 19.4 Å². The Hall–Kier alpha value is -1.97. The van der Waals surface area contributed by atoms with E-state index in [0.29, 0.717) is 6.61 Å². The molecule has 5 nitrogen and oxygen atoms in total. The van der Waals surface area contributed by atoms with Gasteiger partial charge < -0.3 is 9.47 Å². The minimum absolute atomic E-state index is 0.315. The predicted octanol–water partition coefficient (Wildman–Crippen LogP) is 1.86. The minimum Gasteiger partial charge on any atom is -0.467 e. The largest absolute Gasteiger partial charge is 0.467 e. The Morgan fingerprint density at radius 1 is 1.37 bits per heavy atom. The van der Waals surface area contributed by atoms with Crippen LogP contribution in [0.25, 0.3) is 0 Å². The molecular weight excluding hydrogens is 246 g/mol. The number of benzene rings is 1. The molecule has 0 spiro atoms. The molecule has 1 aromatic rings. The third-order valence-corrected chi connectivity index (χ3v) is 2.72. The van der Waals surface area contributed by atoms with Gasteiger partial charge in [0.05, 0.1) is 19.3 Å². The maximum atomic E-state index is 11.6. The molecule has 0 aliphatic carbocycles. The van der Waals surface area contributed by atoms with Gasteiger partial charge in [-0.3, -0.25) is 0 Å². The van der Waals surface area contributed by atoms with Gasteiger partial charge in [0.25, 0.3) is 0 Å². The van der Waals surface area contributed by atoms with Crippen molar-refractivity contribution in [2.45, 2.75) is 32.1 Å². The Labute approximate surface area is 112 Å². The van der Waals surface area contributed by atoms with Crippen molar-refractivity contribution in [1.82, 2.24) is 0 Å². The molecule has 0 heterocycles. The number of hydrogen-bond donors (Lipinski definition) is 0. The van der Waals surface area contributed by atoms with E-state index >= 15 is 0 Å². The zero-order chi connectivity index (χ0) is 14.3. The first-order valence-corrected chi connectivity index (χ1v) is 5.84. The van der Waals surface area contributed by atoms with Crippen LogP contribution in [0.15, 0.2) is 35.3 Å². The van der Waals surface area contributed by atoms with Crippen molar-refractivity contribution in [3.05, 3.63) is 35.9 Å². The van der Waals surface area contributed by atoms with Gasteiger partial charge in [0.15, 0.2) is 6.04 Å². The lowest BCUT2D eigenvalue weighted by molar-refractivity contribution is -0.151. The summed E-state index contributed by atoms with van der Waals surface area (Å²) in [5.74, 6) is -0.624. The second-order valence-corrected chi connectivity index (χ2v) is 4.52. The van der Waals surface area contributed by atoms with Crippen LogP contribution in [0.5, 0.6) is 0 Å². The van der Waals surface area contributed by atoms with Crippen LogP contribution >= 0.6 is 0 Å². The van der Waals surface area contributed by atoms with Gasteiger partial charge in [0, 0.05) is 0 Å². The van der Waals surface area contributed by atoms with Gasteiger partial charge in [-0.15, -0.1) is 0 Å². The summed E-state index contributed by atoms with van der Waals surface area (Å²) in [6.07, 6.45) is 1.38. The summed E-state index contributed by atoms with van der Waals surface area (Å²) >= 11 is 0. The van der Waals surface area contributed by atoms with E-state index in [0.717, 1.165) is 5.56 Å². The van der Waals surface area contributed by atoms with Crippen molar-refractivity contribution in [3.63, 3.8) is 0 Å². The fourth-order valence-corrected chi connectivity index (χ4v) is 1.58. The highest BCUT2D eigenvalue weighted by atomic mass is 16.5. The minimum atomic E-state index is -1.03. The van der Waals surface area contributed by atoms with Crippen LogP contribution in [0, 0.1) is 0 Å². The van der Waals surface area contributed by atoms with E-state index in [1.807, 2.05) is 30.3 Å². The molecule has 5 heteroatoms. The van der Waals surface area contributed by atoms with E-state index in [2.05, 4.69) is 9.73 Å². The second-order valence-electron chi connectivity index (χ2n) is 4.52. The molecule has 0 N–H and O–H groups in total. The highest BCUT2D eigenvalue weighted by Gasteiger charge is 2.37. The predicted molar refractivity (Wildman–Crippen MR) is 69.2 cm³/mol. The molecule has 0 bridgehead atoms. The van der Waals surface area contributed by atoms with Crippen LogP contribution in [0.2, 0.25) is 0 Å². The molecule has 0 aromatic heterocycles. The van der Waals surface area contributed by atoms with E-state index in [4.69, 9.17) is 4.74 Å². The van der Waals surface area contributed by atoms with Gasteiger partial charge >= 0.3 is 5.97 Å². The average Bonchev–Trinajstić information content (AvgIpc) is 2.43. The lowest BCUT2D eigenvalue weighted by Gasteiger charge is -2.29. The smallest absolute Gasteiger partial charge is 0.334 e. The third kappa shape index (κ3) is 4.32. The number of ether oxygens (including phenoxy) is 2. The molecule has 1 atom stereocenters. The number of esters is 1. The summed E-state index contributed by atoms with van der Waals surface area (Å²) in [5.41, 5.74) is 0.00893. The molecule has 0 aliphatic rings. The fourth-order valence-electron chi connectivity index (χ4n) is 1.58. The summed E-state index contributed by atoms with van der Waals surface area (Å²) < 4.78 is 10.3. The van der Waals surface area contributed by atoms with Crippen molar-refractivity contribution in [3.8, 4) is 0 Å². The Balaban J connectivity index is 2.77. The Kier molecular flexibility index (Phi) is 5.42. The summed E-state index contributed by atoms with van der Waals surface area (Å²) in [6.45, 7) is 3.67. The summed E-state index contributed by atoms with van der Waals surface area (Å²) in [6, 6.07) is 8.49. The van der Waals surface area contributed by atoms with Gasteiger partial charge in [-0.1, -0.05) is 30.3 Å². The Bertz CT molecular complexity index is 464. The maximum Gasteiger partial charge on any atom is 0.334 e. The summed E-state index contributed by atoms with van der Waals surface area (Å²) in [5, 5.41) is 0. The molecular formula is C14H17NO4. The van der Waals surface area contributed by atoms with Crippen LogP contribution in [-0.4, -0.2) is 30.8 Å². The van der Waals surface area contributed by atoms with Crippen molar-refractivity contribution in [2.75, 3.05) is 7.11 Å². The van der Waals surface area contributed by atoms with Gasteiger partial charge in [-0.05, 0) is 19.4 Å². The fraction of sp³-hybridized carbons (Fsp3) is 0.429. The molecule has 0 fully saturated rings. The lowest BCUT2D eigenvalue weighted by atomic mass is 9.99. The standard InChI is InChI=1S/C14H17NO4/c1-14(2,12(15-10-16)13(17)18-3)19-9-11-7-5-4-6-8-11/h4-8,12H,9H2,1-3H3. The monoisotopic (exact) mass is 263 g/mol. The lowest BCUT2D eigenvalue weighted by Crippen LogP contribution is -2.43. The SMILES string of the molecule is COC(=O)C(N=C=O)C(C)(C)OCc1ccccc1. The van der Waals surface area contributed by atoms with Crippen molar-refractivity contribution >= 4 is 12.0 Å². The van der Waals surface area contributed by atoms with Gasteiger partial charge in [-0.2, -0.15) is 4.99 Å². The van der Waals surface area contributed by atoms with Gasteiger partial charge in [0.1, 0.15) is 0 Å². The number of isocyanates is 1. The zero-order valence-corrected chi connectivity index (χ0v) is 11.3. The molecule has 1 rings (SSSR count). The number of rotatable bonds is 6. The number of hydrogen-bond acceptors (Lipinski definition) is 5. The first-order valence-electron chi connectivity index (χ1n) is 5.84. The van der Waals surface area contributed by atoms with Crippen LogP contribution in [-0.2, 0) is 25.7 Å². The molecule has 0 saturated carbocycles. The number of methoxy groups -OCH3 is 1. The van der Waals surface area contributed by atoms with E-state index < -0.39 is 17.6 Å². The van der Waals surface area contributed by atoms with E-state index in [1.165, 1.54) is 13.2 Å². The van der Waals surface area contributed by atoms with E-state index in [1.54, 1.807) is 13.8 Å². The first kappa shape index (κ1) is 15.1. The number of aliphatic imine (C=N–C) groups is 1. The molecule has 0 saturated heterocycles. The third-order valence-electron chi connectivity index (χ3n) is 2.72. The Morgan fingerprint density at radius 2 is 2.00 bits per heavy atom. The zero-order valence-electron chi connectivity index (χ0n) is 11.3. The average molecular weight is 263 g/mol. The topological polar surface area (TPSA) is 65.0 Å². The second kappa shape index (κ2) is 6.83. The number of carbonyl (C=O) groups is 1. The maximum absolute atomic E-state index is 11.6. The van der Waals surface area contributed by atoms with Crippen LogP contribution in [0.3, 0.4) is 0 Å². The normalized spacial score (nSPS) is 12.4. The molecule has 102 valence electrons. The molecule has 0 amide bonds. The first-order chi connectivity index (χ1) is 9.01. The quantitative estimate of drug-likeness (QED) is 0.446. The molecule has 0 aliphatic heterocycles. The molecule has 0 radical (unpaired) electrons. The summed E-state index contributed by atoms with van der Waals surface area (Å²) in [4.78, 5) is 25.5. The van der Waals surface area contributed by atoms with Crippen molar-refractivity contribution in [1.29, 1.82) is 0 Å². The van der Waals surface area contributed by atoms with E-state index in [-0.39, 0.29) is 0 Å². The van der Waals surface area contributed by atoms with Crippen LogP contribution < -0.4 is 0 Å². The summed E-state index contributed by atoms with van der Waals surface area (Å²) in [7, 11) is 1.24. The van der Waals surface area contributed by atoms with Crippen molar-refractivity contribution < 1.29 is 19.1 Å². The Morgan fingerprint density at radius 3 is 2.53 bits per heavy atom. The van der Waals surface area contributed by atoms with Gasteiger partial charge in [0.2, 0.25) is 6.08 Å². The number of nitrogens with zero attached hydrogens (tertiary/aromatic N) is 1. The van der Waals surface area contributed by atoms with Gasteiger partial charge in [-0.25, -0.2) is 9.59 Å². The van der Waals surface area contributed by atoms with Crippen molar-refractivity contribution in [2.24, 2.45) is 4.99 Å². The van der Waals surface area contributed by atoms with Crippen LogP contribution in [0.4, 0.5) is 0 Å². The molecule has 1 aromatic carbocycles.